The van der Waals surface area contributed by atoms with Gasteiger partial charge in [-0.05, 0) is 6.92 Å². The molecule has 1 unspecified atom stereocenters. The van der Waals surface area contributed by atoms with Crippen LogP contribution in [0.25, 0.3) is 0 Å². The fraction of sp³-hybridized carbons (Fsp3) is 0.889. The van der Waals surface area contributed by atoms with Crippen molar-refractivity contribution in [2.75, 3.05) is 19.8 Å². The van der Waals surface area contributed by atoms with Gasteiger partial charge in [0.2, 0.25) is 0 Å². The van der Waals surface area contributed by atoms with E-state index in [-0.39, 0.29) is 17.7 Å². The van der Waals surface area contributed by atoms with Crippen molar-refractivity contribution >= 4 is 5.97 Å². The Hall–Kier alpha value is -0.610. The molecule has 0 aromatic rings. The number of hydrogen-bond donors (Lipinski definition) is 0. The average Bonchev–Trinajstić information content (AvgIpc) is 2.62. The van der Waals surface area contributed by atoms with E-state index >= 15 is 0 Å². The minimum atomic E-state index is -0.139. The van der Waals surface area contributed by atoms with Crippen LogP contribution in [0.1, 0.15) is 19.8 Å². The molecule has 0 saturated carbocycles. The van der Waals surface area contributed by atoms with E-state index < -0.39 is 0 Å². The van der Waals surface area contributed by atoms with E-state index in [1.165, 1.54) is 0 Å². The van der Waals surface area contributed by atoms with Crippen LogP contribution in [0.5, 0.6) is 0 Å². The Balaban J connectivity index is 1.93. The highest BCUT2D eigenvalue weighted by atomic mass is 16.7. The molecule has 0 aromatic heterocycles. The van der Waals surface area contributed by atoms with Gasteiger partial charge in [0, 0.05) is 18.4 Å². The van der Waals surface area contributed by atoms with Gasteiger partial charge < -0.3 is 14.2 Å². The Kier molecular flexibility index (Phi) is 2.26. The third kappa shape index (κ3) is 1.69. The summed E-state index contributed by atoms with van der Waals surface area (Å²) in [5.74, 6) is -0.110. The van der Waals surface area contributed by atoms with Gasteiger partial charge in [-0.25, -0.2) is 0 Å². The molecule has 2 aliphatic heterocycles. The molecule has 74 valence electrons. The topological polar surface area (TPSA) is 44.8 Å². The maximum Gasteiger partial charge on any atom is 0.306 e. The van der Waals surface area contributed by atoms with E-state index in [2.05, 4.69) is 0 Å². The van der Waals surface area contributed by atoms with Gasteiger partial charge in [0.05, 0.1) is 19.6 Å². The Morgan fingerprint density at radius 3 is 3.08 bits per heavy atom. The summed E-state index contributed by atoms with van der Waals surface area (Å²) in [6.45, 7) is 3.67. The minimum absolute atomic E-state index is 0.0864. The van der Waals surface area contributed by atoms with Gasteiger partial charge in [0.1, 0.15) is 0 Å². The second kappa shape index (κ2) is 3.27. The van der Waals surface area contributed by atoms with E-state index in [0.717, 1.165) is 6.42 Å². The molecule has 0 aromatic carbocycles. The SMILES string of the molecule is CCOC1C[C@]2(COC(=O)C2)CO1. The molecule has 0 bridgehead atoms. The van der Waals surface area contributed by atoms with Crippen molar-refractivity contribution in [3.8, 4) is 0 Å². The number of cyclic esters (lactones) is 1. The van der Waals surface area contributed by atoms with Crippen molar-refractivity contribution in [2.24, 2.45) is 5.41 Å². The Morgan fingerprint density at radius 2 is 2.46 bits per heavy atom. The van der Waals surface area contributed by atoms with Gasteiger partial charge in [-0.1, -0.05) is 0 Å². The van der Waals surface area contributed by atoms with Crippen LogP contribution in [0.4, 0.5) is 0 Å². The lowest BCUT2D eigenvalue weighted by molar-refractivity contribution is -0.137. The molecule has 4 heteroatoms. The van der Waals surface area contributed by atoms with E-state index in [0.29, 0.717) is 26.2 Å². The summed E-state index contributed by atoms with van der Waals surface area (Å²) in [6.07, 6.45) is 1.13. The Morgan fingerprint density at radius 1 is 1.62 bits per heavy atom. The van der Waals surface area contributed by atoms with E-state index in [1.54, 1.807) is 0 Å². The van der Waals surface area contributed by atoms with Crippen LogP contribution in [-0.4, -0.2) is 32.1 Å². The van der Waals surface area contributed by atoms with Gasteiger partial charge in [0.25, 0.3) is 0 Å². The van der Waals surface area contributed by atoms with Crippen LogP contribution >= 0.6 is 0 Å². The molecule has 4 nitrogen and oxygen atoms in total. The standard InChI is InChI=1S/C9H14O4/c1-2-11-8-4-9(6-13-8)3-7(10)12-5-9/h8H,2-6H2,1H3/t8?,9-/m1/s1. The number of hydrogen-bond acceptors (Lipinski definition) is 4. The fourth-order valence-corrected chi connectivity index (χ4v) is 1.90. The molecule has 0 N–H and O–H groups in total. The van der Waals surface area contributed by atoms with Gasteiger partial charge >= 0.3 is 5.97 Å². The number of esters is 1. The first-order valence-electron chi connectivity index (χ1n) is 4.63. The molecular formula is C9H14O4. The van der Waals surface area contributed by atoms with Crippen LogP contribution in [0.15, 0.2) is 0 Å². The summed E-state index contributed by atoms with van der Waals surface area (Å²) in [5.41, 5.74) is -0.0864. The number of carbonyl (C=O) groups is 1. The van der Waals surface area contributed by atoms with Crippen LogP contribution < -0.4 is 0 Å². The summed E-state index contributed by atoms with van der Waals surface area (Å²) >= 11 is 0. The predicted molar refractivity (Wildman–Crippen MR) is 44.0 cm³/mol. The lowest BCUT2D eigenvalue weighted by Gasteiger charge is -2.15. The summed E-state index contributed by atoms with van der Waals surface area (Å²) < 4.78 is 15.7. The molecule has 1 spiro atoms. The van der Waals surface area contributed by atoms with Crippen LogP contribution in [0, 0.1) is 5.41 Å². The quantitative estimate of drug-likeness (QED) is 0.595. The highest BCUT2D eigenvalue weighted by Crippen LogP contribution is 2.40. The zero-order valence-corrected chi connectivity index (χ0v) is 7.75. The first kappa shape index (κ1) is 8.97. The highest BCUT2D eigenvalue weighted by molar-refractivity contribution is 5.72. The van der Waals surface area contributed by atoms with Gasteiger partial charge in [-0.15, -0.1) is 0 Å². The maximum absolute atomic E-state index is 11.0. The molecule has 2 saturated heterocycles. The summed E-state index contributed by atoms with van der Waals surface area (Å²) in [4.78, 5) is 11.0. The average molecular weight is 186 g/mol. The van der Waals surface area contributed by atoms with Crippen molar-refractivity contribution < 1.29 is 19.0 Å². The maximum atomic E-state index is 11.0. The van der Waals surface area contributed by atoms with E-state index in [9.17, 15) is 4.79 Å². The molecule has 2 aliphatic rings. The van der Waals surface area contributed by atoms with Gasteiger partial charge in [0.15, 0.2) is 6.29 Å². The van der Waals surface area contributed by atoms with Crippen molar-refractivity contribution in [2.45, 2.75) is 26.1 Å². The summed E-state index contributed by atoms with van der Waals surface area (Å²) in [6, 6.07) is 0. The second-order valence-corrected chi connectivity index (χ2v) is 3.74. The largest absolute Gasteiger partial charge is 0.465 e. The summed E-state index contributed by atoms with van der Waals surface area (Å²) in [5, 5.41) is 0. The van der Waals surface area contributed by atoms with E-state index in [1.807, 2.05) is 6.92 Å². The molecule has 2 fully saturated rings. The molecule has 2 heterocycles. The first-order valence-corrected chi connectivity index (χ1v) is 4.63. The zero-order valence-electron chi connectivity index (χ0n) is 7.75. The van der Waals surface area contributed by atoms with Crippen LogP contribution in [0.3, 0.4) is 0 Å². The molecule has 0 amide bonds. The molecular weight excluding hydrogens is 172 g/mol. The normalized spacial score (nSPS) is 38.5. The third-order valence-electron chi connectivity index (χ3n) is 2.59. The number of carbonyl (C=O) groups excluding carboxylic acids is 1. The Labute approximate surface area is 77.1 Å². The molecule has 13 heavy (non-hydrogen) atoms. The molecule has 2 atom stereocenters. The Bertz CT molecular complexity index is 216. The number of rotatable bonds is 2. The van der Waals surface area contributed by atoms with Crippen LogP contribution in [-0.2, 0) is 19.0 Å². The lowest BCUT2D eigenvalue weighted by Crippen LogP contribution is -2.21. The zero-order chi connectivity index (χ0) is 9.31. The van der Waals surface area contributed by atoms with Gasteiger partial charge in [-0.2, -0.15) is 0 Å². The highest BCUT2D eigenvalue weighted by Gasteiger charge is 2.47. The molecule has 0 aliphatic carbocycles. The van der Waals surface area contributed by atoms with E-state index in [4.69, 9.17) is 14.2 Å². The predicted octanol–water partition coefficient (Wildman–Crippen LogP) is 0.703. The van der Waals surface area contributed by atoms with Crippen molar-refractivity contribution in [1.82, 2.24) is 0 Å². The lowest BCUT2D eigenvalue weighted by atomic mass is 9.86. The molecule has 2 rings (SSSR count). The van der Waals surface area contributed by atoms with Gasteiger partial charge in [-0.3, -0.25) is 4.79 Å². The molecule has 0 radical (unpaired) electrons. The monoisotopic (exact) mass is 186 g/mol. The van der Waals surface area contributed by atoms with Crippen LogP contribution in [0.2, 0.25) is 0 Å². The smallest absolute Gasteiger partial charge is 0.306 e. The first-order chi connectivity index (χ1) is 6.24. The third-order valence-corrected chi connectivity index (χ3v) is 2.59. The number of ether oxygens (including phenoxy) is 3. The fourth-order valence-electron chi connectivity index (χ4n) is 1.90. The van der Waals surface area contributed by atoms with Crippen molar-refractivity contribution in [3.63, 3.8) is 0 Å². The second-order valence-electron chi connectivity index (χ2n) is 3.74. The minimum Gasteiger partial charge on any atom is -0.465 e. The van der Waals surface area contributed by atoms with Crippen molar-refractivity contribution in [1.29, 1.82) is 0 Å². The van der Waals surface area contributed by atoms with Crippen molar-refractivity contribution in [3.05, 3.63) is 0 Å². The summed E-state index contributed by atoms with van der Waals surface area (Å²) in [7, 11) is 0.